The van der Waals surface area contributed by atoms with Crippen LogP contribution < -0.4 is 16.0 Å². The molecule has 0 radical (unpaired) electrons. The Hall–Kier alpha value is -1.55. The third-order valence-electron chi connectivity index (χ3n) is 3.26. The lowest BCUT2D eigenvalue weighted by molar-refractivity contribution is -0.114. The molecule has 1 aromatic rings. The van der Waals surface area contributed by atoms with Crippen LogP contribution in [-0.2, 0) is 4.79 Å². The van der Waals surface area contributed by atoms with Crippen molar-refractivity contribution in [3.63, 3.8) is 0 Å². The quantitative estimate of drug-likeness (QED) is 0.763. The molecule has 1 aromatic carbocycles. The first kappa shape index (κ1) is 12.9. The summed E-state index contributed by atoms with van der Waals surface area (Å²) >= 11 is 0. The van der Waals surface area contributed by atoms with Crippen molar-refractivity contribution in [1.82, 2.24) is 5.32 Å². The average Bonchev–Trinajstić information content (AvgIpc) is 2.38. The third kappa shape index (κ3) is 4.04. The SMILES string of the molecule is CC(=O)Nc1ccc(NCC2CCNCC2)cc1. The normalized spacial score (nSPS) is 16.3. The Balaban J connectivity index is 1.80. The highest BCUT2D eigenvalue weighted by atomic mass is 16.1. The molecule has 1 amide bonds. The minimum absolute atomic E-state index is 0.0367. The van der Waals surface area contributed by atoms with Gasteiger partial charge >= 0.3 is 0 Å². The molecule has 0 saturated carbocycles. The second-order valence-electron chi connectivity index (χ2n) is 4.83. The molecular weight excluding hydrogens is 226 g/mol. The second-order valence-corrected chi connectivity index (χ2v) is 4.83. The summed E-state index contributed by atoms with van der Waals surface area (Å²) in [6.45, 7) is 4.81. The molecule has 98 valence electrons. The number of carbonyl (C=O) groups is 1. The highest BCUT2D eigenvalue weighted by Crippen LogP contribution is 2.16. The summed E-state index contributed by atoms with van der Waals surface area (Å²) in [5, 5.41) is 9.59. The first-order valence-electron chi connectivity index (χ1n) is 6.56. The van der Waals surface area contributed by atoms with Crippen LogP contribution in [0.5, 0.6) is 0 Å². The zero-order valence-electron chi connectivity index (χ0n) is 10.8. The Morgan fingerprint density at radius 2 is 1.83 bits per heavy atom. The Bertz CT molecular complexity index is 383. The predicted octanol–water partition coefficient (Wildman–Crippen LogP) is 2.06. The van der Waals surface area contributed by atoms with Crippen LogP contribution >= 0.6 is 0 Å². The largest absolute Gasteiger partial charge is 0.385 e. The molecule has 1 fully saturated rings. The summed E-state index contributed by atoms with van der Waals surface area (Å²) in [4.78, 5) is 10.9. The molecule has 1 saturated heterocycles. The Morgan fingerprint density at radius 3 is 2.44 bits per heavy atom. The molecule has 2 rings (SSSR count). The number of rotatable bonds is 4. The van der Waals surface area contributed by atoms with Gasteiger partial charge in [-0.3, -0.25) is 4.79 Å². The van der Waals surface area contributed by atoms with Gasteiger partial charge in [-0.1, -0.05) is 0 Å². The van der Waals surface area contributed by atoms with Gasteiger partial charge < -0.3 is 16.0 Å². The smallest absolute Gasteiger partial charge is 0.221 e. The lowest BCUT2D eigenvalue weighted by atomic mass is 9.98. The van der Waals surface area contributed by atoms with E-state index in [0.717, 1.165) is 36.9 Å². The fraction of sp³-hybridized carbons (Fsp3) is 0.500. The van der Waals surface area contributed by atoms with Crippen LogP contribution in [0, 0.1) is 5.92 Å². The number of amides is 1. The summed E-state index contributed by atoms with van der Waals surface area (Å²) in [7, 11) is 0. The highest BCUT2D eigenvalue weighted by molar-refractivity contribution is 5.88. The monoisotopic (exact) mass is 247 g/mol. The van der Waals surface area contributed by atoms with E-state index in [1.807, 2.05) is 24.3 Å². The van der Waals surface area contributed by atoms with Crippen LogP contribution in [0.1, 0.15) is 19.8 Å². The van der Waals surface area contributed by atoms with Crippen molar-refractivity contribution in [2.24, 2.45) is 5.92 Å². The van der Waals surface area contributed by atoms with Crippen molar-refractivity contribution >= 4 is 17.3 Å². The lowest BCUT2D eigenvalue weighted by Crippen LogP contribution is -2.31. The van der Waals surface area contributed by atoms with E-state index in [0.29, 0.717) is 0 Å². The van der Waals surface area contributed by atoms with Gasteiger partial charge in [-0.25, -0.2) is 0 Å². The van der Waals surface area contributed by atoms with Crippen LogP contribution in [0.4, 0.5) is 11.4 Å². The molecule has 18 heavy (non-hydrogen) atoms. The molecule has 0 aliphatic carbocycles. The van der Waals surface area contributed by atoms with Crippen molar-refractivity contribution in [1.29, 1.82) is 0 Å². The molecule has 0 spiro atoms. The number of hydrogen-bond donors (Lipinski definition) is 3. The molecule has 1 aliphatic rings. The van der Waals surface area contributed by atoms with Crippen LogP contribution in [0.15, 0.2) is 24.3 Å². The number of hydrogen-bond acceptors (Lipinski definition) is 3. The van der Waals surface area contributed by atoms with E-state index in [1.54, 1.807) is 0 Å². The first-order chi connectivity index (χ1) is 8.74. The van der Waals surface area contributed by atoms with Crippen LogP contribution in [-0.4, -0.2) is 25.5 Å². The number of nitrogens with one attached hydrogen (secondary N) is 3. The van der Waals surface area contributed by atoms with Crippen molar-refractivity contribution in [3.8, 4) is 0 Å². The molecule has 4 heteroatoms. The van der Waals surface area contributed by atoms with Gasteiger partial charge in [0.15, 0.2) is 0 Å². The molecule has 0 atom stereocenters. The third-order valence-corrected chi connectivity index (χ3v) is 3.26. The summed E-state index contributed by atoms with van der Waals surface area (Å²) in [5.41, 5.74) is 1.96. The summed E-state index contributed by atoms with van der Waals surface area (Å²) < 4.78 is 0. The van der Waals surface area contributed by atoms with Crippen molar-refractivity contribution in [2.45, 2.75) is 19.8 Å². The van der Waals surface area contributed by atoms with Gasteiger partial charge in [-0.05, 0) is 56.1 Å². The summed E-state index contributed by atoms with van der Waals surface area (Å²) in [5.74, 6) is 0.728. The molecule has 1 heterocycles. The second kappa shape index (κ2) is 6.40. The van der Waals surface area contributed by atoms with E-state index in [9.17, 15) is 4.79 Å². The number of piperidine rings is 1. The van der Waals surface area contributed by atoms with Crippen LogP contribution in [0.2, 0.25) is 0 Å². The van der Waals surface area contributed by atoms with Gasteiger partial charge in [0.25, 0.3) is 0 Å². The molecule has 0 unspecified atom stereocenters. The molecule has 3 N–H and O–H groups in total. The van der Waals surface area contributed by atoms with E-state index in [4.69, 9.17) is 0 Å². The number of carbonyl (C=O) groups excluding carboxylic acids is 1. The molecule has 1 aliphatic heterocycles. The number of anilines is 2. The van der Waals surface area contributed by atoms with Gasteiger partial charge in [0.2, 0.25) is 5.91 Å². The van der Waals surface area contributed by atoms with E-state index >= 15 is 0 Å². The van der Waals surface area contributed by atoms with Crippen LogP contribution in [0.25, 0.3) is 0 Å². The van der Waals surface area contributed by atoms with Crippen LogP contribution in [0.3, 0.4) is 0 Å². The van der Waals surface area contributed by atoms with E-state index < -0.39 is 0 Å². The molecule has 0 bridgehead atoms. The first-order valence-corrected chi connectivity index (χ1v) is 6.56. The minimum Gasteiger partial charge on any atom is -0.385 e. The topological polar surface area (TPSA) is 53.2 Å². The Morgan fingerprint density at radius 1 is 1.22 bits per heavy atom. The maximum atomic E-state index is 10.9. The van der Waals surface area contributed by atoms with Gasteiger partial charge in [-0.15, -0.1) is 0 Å². The fourth-order valence-corrected chi connectivity index (χ4v) is 2.22. The predicted molar refractivity (Wildman–Crippen MR) is 74.8 cm³/mol. The zero-order chi connectivity index (χ0) is 12.8. The van der Waals surface area contributed by atoms with E-state index in [-0.39, 0.29) is 5.91 Å². The van der Waals surface area contributed by atoms with Gasteiger partial charge in [0.05, 0.1) is 0 Å². The van der Waals surface area contributed by atoms with Gasteiger partial charge in [-0.2, -0.15) is 0 Å². The number of benzene rings is 1. The summed E-state index contributed by atoms with van der Waals surface area (Å²) in [6.07, 6.45) is 2.49. The Labute approximate surface area is 108 Å². The summed E-state index contributed by atoms with van der Waals surface area (Å²) in [6, 6.07) is 7.86. The maximum Gasteiger partial charge on any atom is 0.221 e. The fourth-order valence-electron chi connectivity index (χ4n) is 2.22. The molecular formula is C14H21N3O. The lowest BCUT2D eigenvalue weighted by Gasteiger charge is -2.23. The zero-order valence-corrected chi connectivity index (χ0v) is 10.8. The van der Waals surface area contributed by atoms with E-state index in [2.05, 4.69) is 16.0 Å². The van der Waals surface area contributed by atoms with Gasteiger partial charge in [0.1, 0.15) is 0 Å². The molecule has 4 nitrogen and oxygen atoms in total. The van der Waals surface area contributed by atoms with Crippen molar-refractivity contribution < 1.29 is 4.79 Å². The van der Waals surface area contributed by atoms with Crippen molar-refractivity contribution in [2.75, 3.05) is 30.3 Å². The average molecular weight is 247 g/mol. The highest BCUT2D eigenvalue weighted by Gasteiger charge is 2.12. The minimum atomic E-state index is -0.0367. The van der Waals surface area contributed by atoms with Gasteiger partial charge in [0, 0.05) is 24.8 Å². The maximum absolute atomic E-state index is 10.9. The van der Waals surface area contributed by atoms with E-state index in [1.165, 1.54) is 19.8 Å². The standard InChI is InChI=1S/C14H21N3O/c1-11(18)17-14-4-2-13(3-5-14)16-10-12-6-8-15-9-7-12/h2-5,12,15-16H,6-10H2,1H3,(H,17,18). The Kier molecular flexibility index (Phi) is 4.59. The van der Waals surface area contributed by atoms with Crippen molar-refractivity contribution in [3.05, 3.63) is 24.3 Å². The molecule has 0 aromatic heterocycles.